The van der Waals surface area contributed by atoms with Crippen molar-refractivity contribution in [3.63, 3.8) is 0 Å². The van der Waals surface area contributed by atoms with Gasteiger partial charge in [0.15, 0.2) is 0 Å². The molecule has 2 fully saturated rings. The molecular formula is C13H18ClN3O. The van der Waals surface area contributed by atoms with Gasteiger partial charge in [0.25, 0.3) is 0 Å². The Hall–Kier alpha value is -0.840. The SMILES string of the molecule is CNCc1cc(N2CC3CCC(C2)O3)ncc1Cl. The van der Waals surface area contributed by atoms with Gasteiger partial charge in [0.1, 0.15) is 5.82 Å². The molecule has 2 unspecified atom stereocenters. The van der Waals surface area contributed by atoms with Crippen molar-refractivity contribution in [2.75, 3.05) is 25.0 Å². The van der Waals surface area contributed by atoms with Crippen molar-refractivity contribution in [3.8, 4) is 0 Å². The van der Waals surface area contributed by atoms with Gasteiger partial charge in [-0.2, -0.15) is 0 Å². The number of fused-ring (bicyclic) bond motifs is 2. The van der Waals surface area contributed by atoms with E-state index in [1.165, 1.54) is 12.8 Å². The summed E-state index contributed by atoms with van der Waals surface area (Å²) in [7, 11) is 1.92. The van der Waals surface area contributed by atoms with Crippen LogP contribution in [0.25, 0.3) is 0 Å². The van der Waals surface area contributed by atoms with Crippen molar-refractivity contribution >= 4 is 17.4 Å². The van der Waals surface area contributed by atoms with Gasteiger partial charge in [0.2, 0.25) is 0 Å². The maximum atomic E-state index is 6.14. The quantitative estimate of drug-likeness (QED) is 0.907. The maximum absolute atomic E-state index is 6.14. The number of hydrogen-bond donors (Lipinski definition) is 1. The van der Waals surface area contributed by atoms with E-state index in [0.29, 0.717) is 12.2 Å². The molecule has 1 aromatic heterocycles. The van der Waals surface area contributed by atoms with Gasteiger partial charge >= 0.3 is 0 Å². The number of nitrogens with zero attached hydrogens (tertiary/aromatic N) is 2. The van der Waals surface area contributed by atoms with Crippen LogP contribution in [0.2, 0.25) is 5.02 Å². The highest BCUT2D eigenvalue weighted by Gasteiger charge is 2.34. The van der Waals surface area contributed by atoms with Gasteiger partial charge in [-0.1, -0.05) is 11.6 Å². The van der Waals surface area contributed by atoms with Crippen LogP contribution in [0.1, 0.15) is 18.4 Å². The second-order valence-corrected chi connectivity index (χ2v) is 5.43. The Morgan fingerprint density at radius 1 is 1.44 bits per heavy atom. The van der Waals surface area contributed by atoms with E-state index in [9.17, 15) is 0 Å². The molecule has 0 radical (unpaired) electrons. The van der Waals surface area contributed by atoms with Gasteiger partial charge in [-0.15, -0.1) is 0 Å². The minimum atomic E-state index is 0.383. The molecule has 3 heterocycles. The monoisotopic (exact) mass is 267 g/mol. The number of aromatic nitrogens is 1. The zero-order valence-electron chi connectivity index (χ0n) is 10.5. The summed E-state index contributed by atoms with van der Waals surface area (Å²) in [6.45, 7) is 2.67. The van der Waals surface area contributed by atoms with E-state index in [4.69, 9.17) is 16.3 Å². The molecule has 3 rings (SSSR count). The summed E-state index contributed by atoms with van der Waals surface area (Å²) in [5.74, 6) is 1.02. The second kappa shape index (κ2) is 5.03. The average Bonchev–Trinajstić information content (AvgIpc) is 2.71. The zero-order chi connectivity index (χ0) is 12.5. The number of pyridine rings is 1. The van der Waals surface area contributed by atoms with Crippen LogP contribution in [0, 0.1) is 0 Å². The lowest BCUT2D eigenvalue weighted by atomic mass is 10.2. The molecule has 0 aromatic carbocycles. The Balaban J connectivity index is 1.81. The number of hydrogen-bond acceptors (Lipinski definition) is 4. The Morgan fingerprint density at radius 3 is 2.83 bits per heavy atom. The number of morpholine rings is 1. The van der Waals surface area contributed by atoms with Gasteiger partial charge in [0.05, 0.1) is 17.2 Å². The summed E-state index contributed by atoms with van der Waals surface area (Å²) in [6, 6.07) is 2.09. The third kappa shape index (κ3) is 2.32. The summed E-state index contributed by atoms with van der Waals surface area (Å²) in [6.07, 6.45) is 4.87. The molecule has 18 heavy (non-hydrogen) atoms. The first-order valence-electron chi connectivity index (χ1n) is 6.45. The van der Waals surface area contributed by atoms with Crippen molar-refractivity contribution in [1.82, 2.24) is 10.3 Å². The predicted molar refractivity (Wildman–Crippen MR) is 72.1 cm³/mol. The smallest absolute Gasteiger partial charge is 0.129 e. The first-order valence-corrected chi connectivity index (χ1v) is 6.83. The molecule has 1 N–H and O–H groups in total. The van der Waals surface area contributed by atoms with E-state index >= 15 is 0 Å². The molecule has 0 amide bonds. The molecule has 0 aliphatic carbocycles. The Kier molecular flexibility index (Phi) is 3.41. The van der Waals surface area contributed by atoms with E-state index < -0.39 is 0 Å². The molecule has 4 nitrogen and oxygen atoms in total. The fourth-order valence-electron chi connectivity index (χ4n) is 2.77. The van der Waals surface area contributed by atoms with Crippen LogP contribution in [-0.2, 0) is 11.3 Å². The van der Waals surface area contributed by atoms with Crippen LogP contribution < -0.4 is 10.2 Å². The van der Waals surface area contributed by atoms with Crippen LogP contribution in [0.5, 0.6) is 0 Å². The lowest BCUT2D eigenvalue weighted by Crippen LogP contribution is -2.43. The maximum Gasteiger partial charge on any atom is 0.129 e. The highest BCUT2D eigenvalue weighted by atomic mass is 35.5. The highest BCUT2D eigenvalue weighted by Crippen LogP contribution is 2.30. The summed E-state index contributed by atoms with van der Waals surface area (Å²) < 4.78 is 5.84. The Morgan fingerprint density at radius 2 is 2.17 bits per heavy atom. The fourth-order valence-corrected chi connectivity index (χ4v) is 2.94. The average molecular weight is 268 g/mol. The summed E-state index contributed by atoms with van der Waals surface area (Å²) >= 11 is 6.14. The Labute approximate surface area is 112 Å². The predicted octanol–water partition coefficient (Wildman–Crippen LogP) is 1.82. The van der Waals surface area contributed by atoms with Gasteiger partial charge in [0, 0.05) is 25.8 Å². The standard InChI is InChI=1S/C13H18ClN3O/c1-15-5-9-4-13(16-6-12(9)14)17-7-10-2-3-11(8-17)18-10/h4,6,10-11,15H,2-3,5,7-8H2,1H3. The second-order valence-electron chi connectivity index (χ2n) is 5.03. The van der Waals surface area contributed by atoms with Gasteiger partial charge in [-0.25, -0.2) is 4.98 Å². The number of halogens is 1. The minimum absolute atomic E-state index is 0.383. The van der Waals surface area contributed by atoms with E-state index in [2.05, 4.69) is 21.3 Å². The van der Waals surface area contributed by atoms with Crippen LogP contribution in [0.4, 0.5) is 5.82 Å². The molecule has 2 bridgehead atoms. The number of nitrogens with one attached hydrogen (secondary N) is 1. The van der Waals surface area contributed by atoms with Crippen LogP contribution >= 0.6 is 11.6 Å². The summed E-state index contributed by atoms with van der Waals surface area (Å²) in [5.41, 5.74) is 1.10. The molecule has 2 atom stereocenters. The molecule has 1 aromatic rings. The van der Waals surface area contributed by atoms with Crippen molar-refractivity contribution in [2.45, 2.75) is 31.6 Å². The van der Waals surface area contributed by atoms with E-state index in [1.54, 1.807) is 6.20 Å². The van der Waals surface area contributed by atoms with E-state index in [0.717, 1.165) is 36.0 Å². The molecule has 2 aliphatic rings. The van der Waals surface area contributed by atoms with E-state index in [-0.39, 0.29) is 0 Å². The van der Waals surface area contributed by atoms with Crippen molar-refractivity contribution in [1.29, 1.82) is 0 Å². The molecule has 98 valence electrons. The molecule has 2 aliphatic heterocycles. The Bertz CT molecular complexity index is 428. The topological polar surface area (TPSA) is 37.4 Å². The number of anilines is 1. The van der Waals surface area contributed by atoms with Gasteiger partial charge in [-0.05, 0) is 31.5 Å². The first kappa shape index (κ1) is 12.2. The minimum Gasteiger partial charge on any atom is -0.371 e. The lowest BCUT2D eigenvalue weighted by molar-refractivity contribution is 0.0302. The van der Waals surface area contributed by atoms with E-state index in [1.807, 2.05) is 7.05 Å². The number of rotatable bonds is 3. The number of ether oxygens (including phenoxy) is 1. The molecule has 0 spiro atoms. The van der Waals surface area contributed by atoms with Crippen LogP contribution in [0.3, 0.4) is 0 Å². The van der Waals surface area contributed by atoms with Gasteiger partial charge < -0.3 is 15.0 Å². The molecule has 5 heteroatoms. The van der Waals surface area contributed by atoms with Crippen molar-refractivity contribution < 1.29 is 4.74 Å². The first-order chi connectivity index (χ1) is 8.76. The van der Waals surface area contributed by atoms with Crippen LogP contribution in [-0.4, -0.2) is 37.3 Å². The van der Waals surface area contributed by atoms with Crippen molar-refractivity contribution in [3.05, 3.63) is 22.8 Å². The van der Waals surface area contributed by atoms with Crippen LogP contribution in [0.15, 0.2) is 12.3 Å². The third-order valence-electron chi connectivity index (χ3n) is 3.66. The zero-order valence-corrected chi connectivity index (χ0v) is 11.3. The molecule has 0 saturated carbocycles. The lowest BCUT2D eigenvalue weighted by Gasteiger charge is -2.33. The third-order valence-corrected chi connectivity index (χ3v) is 4.00. The summed E-state index contributed by atoms with van der Waals surface area (Å²) in [5, 5.41) is 3.86. The normalized spacial score (nSPS) is 26.7. The highest BCUT2D eigenvalue weighted by molar-refractivity contribution is 6.31. The summed E-state index contributed by atoms with van der Waals surface area (Å²) in [4.78, 5) is 6.77. The largest absolute Gasteiger partial charge is 0.371 e. The van der Waals surface area contributed by atoms with Gasteiger partial charge in [-0.3, -0.25) is 0 Å². The molecular weight excluding hydrogens is 250 g/mol. The van der Waals surface area contributed by atoms with Crippen molar-refractivity contribution in [2.24, 2.45) is 0 Å². The molecule has 2 saturated heterocycles. The fraction of sp³-hybridized carbons (Fsp3) is 0.615.